The molecule has 0 atom stereocenters. The van der Waals surface area contributed by atoms with Gasteiger partial charge in [0.15, 0.2) is 5.16 Å². The van der Waals surface area contributed by atoms with Crippen molar-refractivity contribution >= 4 is 51.0 Å². The predicted molar refractivity (Wildman–Crippen MR) is 122 cm³/mol. The Morgan fingerprint density at radius 2 is 2.10 bits per heavy atom. The summed E-state index contributed by atoms with van der Waals surface area (Å²) in [7, 11) is 0. The van der Waals surface area contributed by atoms with Gasteiger partial charge in [0.25, 0.3) is 0 Å². The van der Waals surface area contributed by atoms with Gasteiger partial charge in [-0.3, -0.25) is 4.79 Å². The van der Waals surface area contributed by atoms with Crippen LogP contribution in [0.1, 0.15) is 55.5 Å². The number of ether oxygens (including phenoxy) is 1. The quantitative estimate of drug-likeness (QED) is 0.378. The molecule has 1 aromatic carbocycles. The molecular formula is C22H25N3O3S2. The molecule has 3 aromatic rings. The van der Waals surface area contributed by atoms with Crippen LogP contribution < -0.4 is 5.32 Å². The van der Waals surface area contributed by atoms with Gasteiger partial charge in [0, 0.05) is 5.25 Å². The van der Waals surface area contributed by atoms with Crippen LogP contribution in [-0.4, -0.2) is 33.3 Å². The number of fused-ring (bicyclic) bond motifs is 1. The normalized spacial score (nSPS) is 13.7. The van der Waals surface area contributed by atoms with Crippen molar-refractivity contribution in [1.29, 1.82) is 0 Å². The van der Waals surface area contributed by atoms with Gasteiger partial charge < -0.3 is 14.6 Å². The molecule has 0 aliphatic heterocycles. The summed E-state index contributed by atoms with van der Waals surface area (Å²) >= 11 is 3.03. The minimum Gasteiger partial charge on any atom is -0.462 e. The van der Waals surface area contributed by atoms with E-state index < -0.39 is 0 Å². The average Bonchev–Trinajstić information content (AvgIpc) is 3.38. The number of carbonyl (C=O) groups is 2. The second kappa shape index (κ2) is 8.81. The number of para-hydroxylation sites is 2. The molecule has 0 spiro atoms. The highest BCUT2D eigenvalue weighted by atomic mass is 32.2. The Balaban J connectivity index is 1.59. The average molecular weight is 444 g/mol. The summed E-state index contributed by atoms with van der Waals surface area (Å²) in [6.07, 6.45) is 2.15. The molecule has 4 rings (SSSR count). The van der Waals surface area contributed by atoms with E-state index in [1.165, 1.54) is 11.3 Å². The molecule has 2 heterocycles. The van der Waals surface area contributed by atoms with Gasteiger partial charge in [-0.2, -0.15) is 0 Å². The first-order valence-corrected chi connectivity index (χ1v) is 11.9. The van der Waals surface area contributed by atoms with E-state index >= 15 is 0 Å². The van der Waals surface area contributed by atoms with Crippen LogP contribution >= 0.6 is 23.1 Å². The van der Waals surface area contributed by atoms with Crippen LogP contribution in [-0.2, 0) is 16.1 Å². The van der Waals surface area contributed by atoms with Gasteiger partial charge in [-0.05, 0) is 48.8 Å². The molecule has 6 nitrogen and oxygen atoms in total. The van der Waals surface area contributed by atoms with E-state index in [1.807, 2.05) is 34.2 Å². The molecule has 158 valence electrons. The summed E-state index contributed by atoms with van der Waals surface area (Å²) in [6, 6.07) is 7.82. The van der Waals surface area contributed by atoms with E-state index in [0.717, 1.165) is 34.6 Å². The van der Waals surface area contributed by atoms with Gasteiger partial charge in [0.2, 0.25) is 5.91 Å². The number of hydrogen-bond donors (Lipinski definition) is 1. The standard InChI is InChI=1S/C22H25N3O3S2/c1-4-28-21(27)19-15(14-9-10-14)12-29-20(19)24-18(26)11-25-17-8-6-5-7-16(17)23-22(25)30-13(2)3/h5-8,12-14H,4,9-11H2,1-3H3,(H,24,26). The lowest BCUT2D eigenvalue weighted by atomic mass is 10.1. The number of carbonyl (C=O) groups excluding carboxylic acids is 2. The second-order valence-electron chi connectivity index (χ2n) is 7.57. The van der Waals surface area contributed by atoms with Crippen LogP contribution in [0.3, 0.4) is 0 Å². The molecule has 0 radical (unpaired) electrons. The summed E-state index contributed by atoms with van der Waals surface area (Å²) in [6.45, 7) is 6.44. The van der Waals surface area contributed by atoms with Gasteiger partial charge >= 0.3 is 5.97 Å². The lowest BCUT2D eigenvalue weighted by Gasteiger charge is -2.11. The van der Waals surface area contributed by atoms with Crippen molar-refractivity contribution in [2.45, 2.75) is 56.5 Å². The van der Waals surface area contributed by atoms with E-state index in [2.05, 4.69) is 19.2 Å². The predicted octanol–water partition coefficient (Wildman–Crippen LogP) is 5.29. The van der Waals surface area contributed by atoms with Crippen LogP contribution in [0, 0.1) is 0 Å². The number of rotatable bonds is 8. The first-order valence-electron chi connectivity index (χ1n) is 10.2. The van der Waals surface area contributed by atoms with Crippen LogP contribution in [0.4, 0.5) is 5.00 Å². The Labute approximate surface area is 184 Å². The maximum atomic E-state index is 13.0. The maximum absolute atomic E-state index is 13.0. The fourth-order valence-corrected chi connectivity index (χ4v) is 5.30. The third-order valence-corrected chi connectivity index (χ3v) is 6.74. The number of nitrogens with zero attached hydrogens (tertiary/aromatic N) is 2. The highest BCUT2D eigenvalue weighted by Gasteiger charge is 2.32. The fourth-order valence-electron chi connectivity index (χ4n) is 3.39. The van der Waals surface area contributed by atoms with Gasteiger partial charge in [-0.15, -0.1) is 11.3 Å². The summed E-state index contributed by atoms with van der Waals surface area (Å²) in [5.74, 6) is -0.142. The minimum absolute atomic E-state index is 0.133. The van der Waals surface area contributed by atoms with Crippen LogP contribution in [0.2, 0.25) is 0 Å². The number of benzene rings is 1. The van der Waals surface area contributed by atoms with Gasteiger partial charge in [-0.1, -0.05) is 37.7 Å². The van der Waals surface area contributed by atoms with Crippen molar-refractivity contribution in [3.63, 3.8) is 0 Å². The molecule has 1 amide bonds. The van der Waals surface area contributed by atoms with E-state index in [-0.39, 0.29) is 18.4 Å². The minimum atomic E-state index is -0.361. The summed E-state index contributed by atoms with van der Waals surface area (Å²) < 4.78 is 7.19. The number of nitrogens with one attached hydrogen (secondary N) is 1. The smallest absolute Gasteiger partial charge is 0.341 e. The number of anilines is 1. The van der Waals surface area contributed by atoms with Crippen LogP contribution in [0.15, 0.2) is 34.8 Å². The highest BCUT2D eigenvalue weighted by Crippen LogP contribution is 2.46. The molecule has 1 fully saturated rings. The van der Waals surface area contributed by atoms with E-state index in [0.29, 0.717) is 28.3 Å². The zero-order valence-electron chi connectivity index (χ0n) is 17.3. The van der Waals surface area contributed by atoms with Crippen molar-refractivity contribution in [2.24, 2.45) is 0 Å². The SMILES string of the molecule is CCOC(=O)c1c(C2CC2)csc1NC(=O)Cn1c(SC(C)C)nc2ccccc21. The molecule has 1 aliphatic rings. The Bertz CT molecular complexity index is 1080. The third kappa shape index (κ3) is 4.39. The monoisotopic (exact) mass is 443 g/mol. The first-order chi connectivity index (χ1) is 14.5. The third-order valence-electron chi connectivity index (χ3n) is 4.83. The molecule has 0 unspecified atom stereocenters. The molecule has 30 heavy (non-hydrogen) atoms. The molecule has 0 bridgehead atoms. The first kappa shape index (κ1) is 20.9. The second-order valence-corrected chi connectivity index (χ2v) is 10.00. The van der Waals surface area contributed by atoms with Crippen LogP contribution in [0.5, 0.6) is 0 Å². The Morgan fingerprint density at radius 1 is 1.33 bits per heavy atom. The number of imidazole rings is 1. The number of hydrogen-bond acceptors (Lipinski definition) is 6. The maximum Gasteiger partial charge on any atom is 0.341 e. The Morgan fingerprint density at radius 3 is 2.80 bits per heavy atom. The number of thioether (sulfide) groups is 1. The van der Waals surface area contributed by atoms with Crippen molar-refractivity contribution in [3.05, 3.63) is 40.8 Å². The molecule has 1 aliphatic carbocycles. The largest absolute Gasteiger partial charge is 0.462 e. The fraction of sp³-hybridized carbons (Fsp3) is 0.409. The van der Waals surface area contributed by atoms with E-state index in [9.17, 15) is 9.59 Å². The number of amides is 1. The summed E-state index contributed by atoms with van der Waals surface area (Å²) in [5, 5.41) is 6.67. The van der Waals surface area contributed by atoms with E-state index in [4.69, 9.17) is 9.72 Å². The Hall–Kier alpha value is -2.32. The summed E-state index contributed by atoms with van der Waals surface area (Å²) in [5.41, 5.74) is 3.31. The molecular weight excluding hydrogens is 418 g/mol. The van der Waals surface area contributed by atoms with Crippen molar-refractivity contribution in [1.82, 2.24) is 9.55 Å². The number of esters is 1. The number of thiophene rings is 1. The van der Waals surface area contributed by atoms with E-state index in [1.54, 1.807) is 18.7 Å². The number of aromatic nitrogens is 2. The van der Waals surface area contributed by atoms with Gasteiger partial charge in [0.1, 0.15) is 11.5 Å². The topological polar surface area (TPSA) is 73.2 Å². The molecule has 0 saturated heterocycles. The van der Waals surface area contributed by atoms with Crippen molar-refractivity contribution in [3.8, 4) is 0 Å². The Kier molecular flexibility index (Phi) is 6.15. The van der Waals surface area contributed by atoms with Crippen LogP contribution in [0.25, 0.3) is 11.0 Å². The van der Waals surface area contributed by atoms with Crippen molar-refractivity contribution in [2.75, 3.05) is 11.9 Å². The molecule has 8 heteroatoms. The highest BCUT2D eigenvalue weighted by molar-refractivity contribution is 7.99. The lowest BCUT2D eigenvalue weighted by molar-refractivity contribution is -0.116. The molecule has 2 aromatic heterocycles. The molecule has 1 N–H and O–H groups in total. The molecule has 1 saturated carbocycles. The zero-order valence-corrected chi connectivity index (χ0v) is 18.9. The zero-order chi connectivity index (χ0) is 21.3. The van der Waals surface area contributed by atoms with Crippen molar-refractivity contribution < 1.29 is 14.3 Å². The van der Waals surface area contributed by atoms with Gasteiger partial charge in [-0.25, -0.2) is 9.78 Å². The summed E-state index contributed by atoms with van der Waals surface area (Å²) in [4.78, 5) is 30.2. The lowest BCUT2D eigenvalue weighted by Crippen LogP contribution is -2.20. The van der Waals surface area contributed by atoms with Gasteiger partial charge in [0.05, 0.1) is 23.2 Å².